The van der Waals surface area contributed by atoms with E-state index in [1.165, 1.54) is 12.8 Å². The number of benzene rings is 1. The fraction of sp³-hybridized carbons (Fsp3) is 0.562. The van der Waals surface area contributed by atoms with Crippen molar-refractivity contribution >= 4 is 23.3 Å². The highest BCUT2D eigenvalue weighted by atomic mass is 32.2. The molecule has 1 aromatic rings. The lowest BCUT2D eigenvalue weighted by molar-refractivity contribution is 0.293. The first-order valence-corrected chi connectivity index (χ1v) is 8.45. The molecule has 1 saturated heterocycles. The molecule has 3 N–H and O–H groups in total. The van der Waals surface area contributed by atoms with Gasteiger partial charge in [-0.2, -0.15) is 0 Å². The van der Waals surface area contributed by atoms with Gasteiger partial charge in [0.05, 0.1) is 5.56 Å². The van der Waals surface area contributed by atoms with Crippen molar-refractivity contribution in [1.82, 2.24) is 0 Å². The number of nitrogens with two attached hydrogens (primary N) is 1. The summed E-state index contributed by atoms with van der Waals surface area (Å²) in [4.78, 5) is 3.45. The Morgan fingerprint density at radius 1 is 1.48 bits per heavy atom. The fourth-order valence-corrected chi connectivity index (χ4v) is 3.83. The van der Waals surface area contributed by atoms with Gasteiger partial charge in [-0.25, -0.2) is 0 Å². The minimum Gasteiger partial charge on any atom is -0.409 e. The predicted octanol–water partition coefficient (Wildman–Crippen LogP) is 3.52. The van der Waals surface area contributed by atoms with Crippen LogP contribution in [0.25, 0.3) is 0 Å². The predicted molar refractivity (Wildman–Crippen MR) is 90.6 cm³/mol. The lowest BCUT2D eigenvalue weighted by atomic mass is 9.84. The van der Waals surface area contributed by atoms with E-state index in [4.69, 9.17) is 10.9 Å². The zero-order valence-electron chi connectivity index (χ0n) is 13.1. The van der Waals surface area contributed by atoms with Gasteiger partial charge in [0.15, 0.2) is 5.84 Å². The van der Waals surface area contributed by atoms with Crippen molar-refractivity contribution in [3.05, 3.63) is 23.8 Å². The molecular weight excluding hydrogens is 282 g/mol. The molecule has 1 aromatic carbocycles. The largest absolute Gasteiger partial charge is 0.409 e. The molecule has 0 unspecified atom stereocenters. The number of thioether (sulfide) groups is 1. The van der Waals surface area contributed by atoms with Crippen LogP contribution in [0.2, 0.25) is 0 Å². The molecule has 1 aliphatic heterocycles. The molecule has 0 amide bonds. The Labute approximate surface area is 131 Å². The zero-order chi connectivity index (χ0) is 15.5. The number of piperidine rings is 1. The molecule has 116 valence electrons. The molecular formula is C16H25N3OS. The second kappa shape index (κ2) is 6.60. The summed E-state index contributed by atoms with van der Waals surface area (Å²) in [5.74, 6) is 1.16. The molecule has 1 fully saturated rings. The SMILES string of the molecule is CCSc1cccc(N2CCCC(C)(C)C2)c1/C(N)=N/O. The van der Waals surface area contributed by atoms with E-state index in [1.54, 1.807) is 11.8 Å². The van der Waals surface area contributed by atoms with Crippen molar-refractivity contribution < 1.29 is 5.21 Å². The van der Waals surface area contributed by atoms with Gasteiger partial charge < -0.3 is 15.8 Å². The normalized spacial score (nSPS) is 18.8. The van der Waals surface area contributed by atoms with E-state index in [9.17, 15) is 0 Å². The van der Waals surface area contributed by atoms with E-state index < -0.39 is 0 Å². The van der Waals surface area contributed by atoms with Gasteiger partial charge in [0, 0.05) is 23.7 Å². The highest BCUT2D eigenvalue weighted by Gasteiger charge is 2.28. The van der Waals surface area contributed by atoms with Crippen molar-refractivity contribution in [3.8, 4) is 0 Å². The monoisotopic (exact) mass is 307 g/mol. The Bertz CT molecular complexity index is 528. The average Bonchev–Trinajstić information content (AvgIpc) is 2.45. The van der Waals surface area contributed by atoms with Crippen molar-refractivity contribution in [2.45, 2.75) is 38.5 Å². The van der Waals surface area contributed by atoms with Crippen molar-refractivity contribution in [3.63, 3.8) is 0 Å². The highest BCUT2D eigenvalue weighted by molar-refractivity contribution is 7.99. The maximum absolute atomic E-state index is 9.14. The molecule has 0 radical (unpaired) electrons. The topological polar surface area (TPSA) is 61.8 Å². The Morgan fingerprint density at radius 3 is 2.86 bits per heavy atom. The van der Waals surface area contributed by atoms with Crippen molar-refractivity contribution in [1.29, 1.82) is 0 Å². The maximum atomic E-state index is 9.14. The number of hydrogen-bond acceptors (Lipinski definition) is 4. The molecule has 0 spiro atoms. The van der Waals surface area contributed by atoms with Crippen LogP contribution < -0.4 is 10.6 Å². The van der Waals surface area contributed by atoms with Crippen molar-refractivity contribution in [2.24, 2.45) is 16.3 Å². The number of oxime groups is 1. The molecule has 0 saturated carbocycles. The number of amidine groups is 1. The van der Waals surface area contributed by atoms with Gasteiger partial charge in [-0.1, -0.05) is 32.0 Å². The molecule has 0 bridgehead atoms. The minimum absolute atomic E-state index is 0.199. The standard InChI is InChI=1S/C16H25N3OS/c1-4-21-13-8-5-7-12(14(13)15(17)18-20)19-10-6-9-16(2,3)11-19/h5,7-8,20H,4,6,9-11H2,1-3H3,(H2,17,18). The molecule has 21 heavy (non-hydrogen) atoms. The summed E-state index contributed by atoms with van der Waals surface area (Å²) in [6.45, 7) is 8.73. The lowest BCUT2D eigenvalue weighted by Crippen LogP contribution is -2.41. The van der Waals surface area contributed by atoms with Crippen LogP contribution in [0.3, 0.4) is 0 Å². The van der Waals surface area contributed by atoms with E-state index in [1.807, 2.05) is 6.07 Å². The van der Waals surface area contributed by atoms with Gasteiger partial charge in [-0.3, -0.25) is 0 Å². The second-order valence-electron chi connectivity index (χ2n) is 6.26. The third-order valence-corrected chi connectivity index (χ3v) is 4.85. The van der Waals surface area contributed by atoms with Crippen LogP contribution in [0, 0.1) is 5.41 Å². The number of rotatable bonds is 4. The third kappa shape index (κ3) is 3.64. The molecule has 1 heterocycles. The van der Waals surface area contributed by atoms with Crippen LogP contribution >= 0.6 is 11.8 Å². The Balaban J connectivity index is 2.45. The first kappa shape index (κ1) is 16.0. The molecule has 2 rings (SSSR count). The van der Waals surface area contributed by atoms with Gasteiger partial charge in [0.1, 0.15) is 0 Å². The fourth-order valence-electron chi connectivity index (χ4n) is 3.00. The van der Waals surface area contributed by atoms with Crippen molar-refractivity contribution in [2.75, 3.05) is 23.7 Å². The summed E-state index contributed by atoms with van der Waals surface area (Å²) in [7, 11) is 0. The Kier molecular flexibility index (Phi) is 5.04. The van der Waals surface area contributed by atoms with Crippen LogP contribution in [-0.2, 0) is 0 Å². The van der Waals surface area contributed by atoms with Gasteiger partial charge in [-0.05, 0) is 36.1 Å². The quantitative estimate of drug-likeness (QED) is 0.294. The van der Waals surface area contributed by atoms with Crippen LogP contribution in [0.1, 0.15) is 39.2 Å². The minimum atomic E-state index is 0.199. The molecule has 5 heteroatoms. The van der Waals surface area contributed by atoms with E-state index in [2.05, 4.69) is 43.0 Å². The summed E-state index contributed by atoms with van der Waals surface area (Å²) in [6.07, 6.45) is 2.42. The van der Waals surface area contributed by atoms with E-state index in [0.717, 1.165) is 35.0 Å². The first-order chi connectivity index (χ1) is 9.98. The maximum Gasteiger partial charge on any atom is 0.173 e. The summed E-state index contributed by atoms with van der Waals surface area (Å²) < 4.78 is 0. The van der Waals surface area contributed by atoms with Crippen LogP contribution in [0.5, 0.6) is 0 Å². The molecule has 0 atom stereocenters. The highest BCUT2D eigenvalue weighted by Crippen LogP contribution is 2.36. The van der Waals surface area contributed by atoms with E-state index in [-0.39, 0.29) is 5.84 Å². The number of nitrogens with zero attached hydrogens (tertiary/aromatic N) is 2. The summed E-state index contributed by atoms with van der Waals surface area (Å²) in [5, 5.41) is 12.4. The van der Waals surface area contributed by atoms with Gasteiger partial charge >= 0.3 is 0 Å². The molecule has 0 aliphatic carbocycles. The lowest BCUT2D eigenvalue weighted by Gasteiger charge is -2.40. The average molecular weight is 307 g/mol. The van der Waals surface area contributed by atoms with Gasteiger partial charge in [0.25, 0.3) is 0 Å². The Hall–Kier alpha value is -1.36. The first-order valence-electron chi connectivity index (χ1n) is 7.47. The van der Waals surface area contributed by atoms with Crippen LogP contribution in [0.4, 0.5) is 5.69 Å². The molecule has 4 nitrogen and oxygen atoms in total. The Morgan fingerprint density at radius 2 is 2.24 bits per heavy atom. The molecule has 0 aromatic heterocycles. The summed E-state index contributed by atoms with van der Waals surface area (Å²) in [5.41, 5.74) is 8.21. The third-order valence-electron chi connectivity index (χ3n) is 3.91. The van der Waals surface area contributed by atoms with E-state index >= 15 is 0 Å². The summed E-state index contributed by atoms with van der Waals surface area (Å²) >= 11 is 1.73. The van der Waals surface area contributed by atoms with Crippen LogP contribution in [-0.4, -0.2) is 29.9 Å². The smallest absolute Gasteiger partial charge is 0.173 e. The number of anilines is 1. The van der Waals surface area contributed by atoms with Gasteiger partial charge in [-0.15, -0.1) is 11.8 Å². The second-order valence-corrected chi connectivity index (χ2v) is 7.56. The van der Waals surface area contributed by atoms with E-state index in [0.29, 0.717) is 5.41 Å². The van der Waals surface area contributed by atoms with Gasteiger partial charge in [0.2, 0.25) is 0 Å². The number of hydrogen-bond donors (Lipinski definition) is 2. The summed E-state index contributed by atoms with van der Waals surface area (Å²) in [6, 6.07) is 6.18. The molecule has 1 aliphatic rings. The zero-order valence-corrected chi connectivity index (χ0v) is 13.9. The van der Waals surface area contributed by atoms with Crippen LogP contribution in [0.15, 0.2) is 28.3 Å².